The summed E-state index contributed by atoms with van der Waals surface area (Å²) < 4.78 is 15.0. The lowest BCUT2D eigenvalue weighted by Crippen LogP contribution is -2.39. The molecule has 0 aliphatic carbocycles. The van der Waals surface area contributed by atoms with E-state index >= 15 is 0 Å². The van der Waals surface area contributed by atoms with Crippen molar-refractivity contribution < 1.29 is 19.2 Å². The number of aliphatic hydroxyl groups excluding tert-OH is 2. The maximum atomic E-state index is 13.3. The molecule has 3 rings (SSSR count). The van der Waals surface area contributed by atoms with E-state index in [0.717, 1.165) is 16.8 Å². The minimum atomic E-state index is -0.394. The topological polar surface area (TPSA) is 56.4 Å². The number of halogens is 1. The zero-order chi connectivity index (χ0) is 21.0. The summed E-state index contributed by atoms with van der Waals surface area (Å²) in [7, 11) is 0. The average Bonchev–Trinajstić information content (AvgIpc) is 2.72. The standard InChI is InChI=1S/C23H21FN2O2S/c1-15-5-3-7-20(16(15)2)25-23(29)21(26-12-4-6-17(13-26)14-27)22(28)18-8-10-19(24)11-9-18/h3-13,27H,14H2,1-2H3,(H-,25,28,29)/p+1. The minimum Gasteiger partial charge on any atom is -0.502 e. The van der Waals surface area contributed by atoms with Crippen LogP contribution in [0.5, 0.6) is 0 Å². The minimum absolute atomic E-state index is 0.104. The van der Waals surface area contributed by atoms with Gasteiger partial charge in [0, 0.05) is 22.9 Å². The van der Waals surface area contributed by atoms with Gasteiger partial charge in [0.1, 0.15) is 5.82 Å². The molecule has 0 unspecified atom stereocenters. The molecular weight excluding hydrogens is 387 g/mol. The molecule has 1 aromatic heterocycles. The predicted octanol–water partition coefficient (Wildman–Crippen LogP) is 4.55. The first kappa shape index (κ1) is 20.6. The van der Waals surface area contributed by atoms with Gasteiger partial charge in [-0.2, -0.15) is 4.57 Å². The normalized spacial score (nSPS) is 11.7. The van der Waals surface area contributed by atoms with E-state index in [0.29, 0.717) is 21.8 Å². The van der Waals surface area contributed by atoms with E-state index in [1.165, 1.54) is 24.3 Å². The highest BCUT2D eigenvalue weighted by Gasteiger charge is 2.24. The summed E-state index contributed by atoms with van der Waals surface area (Å²) in [4.78, 5) is 0.292. The molecule has 0 fully saturated rings. The van der Waals surface area contributed by atoms with Crippen molar-refractivity contribution >= 4 is 34.3 Å². The summed E-state index contributed by atoms with van der Waals surface area (Å²) in [6.07, 6.45) is 3.41. The quantitative estimate of drug-likeness (QED) is 0.251. The van der Waals surface area contributed by atoms with Crippen LogP contribution in [0.2, 0.25) is 0 Å². The summed E-state index contributed by atoms with van der Waals surface area (Å²) in [5.74, 6) is -0.498. The van der Waals surface area contributed by atoms with Crippen molar-refractivity contribution in [2.24, 2.45) is 0 Å². The predicted molar refractivity (Wildman–Crippen MR) is 117 cm³/mol. The highest BCUT2D eigenvalue weighted by molar-refractivity contribution is 7.81. The Morgan fingerprint density at radius 3 is 2.48 bits per heavy atom. The Balaban J connectivity index is 2.11. The van der Waals surface area contributed by atoms with Gasteiger partial charge in [0.25, 0.3) is 5.70 Å². The Hall–Kier alpha value is -3.09. The first-order chi connectivity index (χ1) is 13.9. The Morgan fingerprint density at radius 2 is 1.79 bits per heavy atom. The van der Waals surface area contributed by atoms with Crippen LogP contribution < -0.4 is 9.88 Å². The van der Waals surface area contributed by atoms with Crippen molar-refractivity contribution in [1.82, 2.24) is 0 Å². The second kappa shape index (κ2) is 8.94. The molecule has 6 heteroatoms. The summed E-state index contributed by atoms with van der Waals surface area (Å²) in [6, 6.07) is 14.9. The van der Waals surface area contributed by atoms with E-state index in [2.05, 4.69) is 5.32 Å². The van der Waals surface area contributed by atoms with Crippen molar-refractivity contribution in [3.05, 3.63) is 95.1 Å². The summed E-state index contributed by atoms with van der Waals surface area (Å²) in [6.45, 7) is 3.85. The summed E-state index contributed by atoms with van der Waals surface area (Å²) >= 11 is 5.64. The van der Waals surface area contributed by atoms with Gasteiger partial charge in [-0.1, -0.05) is 24.4 Å². The lowest BCUT2D eigenvalue weighted by Gasteiger charge is -2.13. The van der Waals surface area contributed by atoms with Crippen LogP contribution in [0.4, 0.5) is 10.1 Å². The van der Waals surface area contributed by atoms with Gasteiger partial charge in [0.15, 0.2) is 23.1 Å². The van der Waals surface area contributed by atoms with Gasteiger partial charge in [-0.15, -0.1) is 0 Å². The largest absolute Gasteiger partial charge is 0.502 e. The number of anilines is 1. The molecule has 0 spiro atoms. The second-order valence-electron chi connectivity index (χ2n) is 6.68. The van der Waals surface area contributed by atoms with Gasteiger partial charge in [0.05, 0.1) is 6.61 Å². The molecule has 29 heavy (non-hydrogen) atoms. The van der Waals surface area contributed by atoms with Crippen molar-refractivity contribution in [3.8, 4) is 0 Å². The summed E-state index contributed by atoms with van der Waals surface area (Å²) in [5, 5.41) is 23.7. The number of aromatic nitrogens is 1. The van der Waals surface area contributed by atoms with Gasteiger partial charge >= 0.3 is 0 Å². The van der Waals surface area contributed by atoms with Gasteiger partial charge in [0.2, 0.25) is 0 Å². The van der Waals surface area contributed by atoms with Crippen LogP contribution in [-0.2, 0) is 6.61 Å². The molecule has 3 N–H and O–H groups in total. The number of nitrogens with zero attached hydrogens (tertiary/aromatic N) is 1. The van der Waals surface area contributed by atoms with Crippen molar-refractivity contribution in [3.63, 3.8) is 0 Å². The number of pyridine rings is 1. The summed E-state index contributed by atoms with van der Waals surface area (Å²) in [5.41, 5.74) is 4.39. The SMILES string of the molecule is Cc1cccc(NC(=S)C(=C(O)c2ccc(F)cc2)[n+]2cccc(CO)c2)c1C. The van der Waals surface area contributed by atoms with Crippen LogP contribution in [0.1, 0.15) is 22.3 Å². The van der Waals surface area contributed by atoms with Crippen molar-refractivity contribution in [2.45, 2.75) is 20.5 Å². The highest BCUT2D eigenvalue weighted by Crippen LogP contribution is 2.22. The maximum Gasteiger partial charge on any atom is 0.288 e. The molecular formula is C23H22FN2O2S+. The molecule has 4 nitrogen and oxygen atoms in total. The third-order valence-electron chi connectivity index (χ3n) is 4.71. The molecule has 0 amide bonds. The fraction of sp³-hybridized carbons (Fsp3) is 0.130. The lowest BCUT2D eigenvalue weighted by molar-refractivity contribution is -0.576. The van der Waals surface area contributed by atoms with Crippen LogP contribution in [0.15, 0.2) is 67.0 Å². The van der Waals surface area contributed by atoms with Crippen molar-refractivity contribution in [2.75, 3.05) is 5.32 Å². The molecule has 0 aliphatic rings. The number of nitrogens with one attached hydrogen (secondary N) is 1. The number of aliphatic hydroxyl groups is 2. The third kappa shape index (κ3) is 4.67. The van der Waals surface area contributed by atoms with E-state index in [1.54, 1.807) is 29.1 Å². The van der Waals surface area contributed by atoms with E-state index in [1.807, 2.05) is 32.0 Å². The molecule has 3 aromatic rings. The molecule has 0 saturated carbocycles. The van der Waals surface area contributed by atoms with E-state index in [9.17, 15) is 14.6 Å². The number of benzene rings is 2. The van der Waals surface area contributed by atoms with Crippen molar-refractivity contribution in [1.29, 1.82) is 0 Å². The molecule has 0 atom stereocenters. The first-order valence-corrected chi connectivity index (χ1v) is 9.49. The third-order valence-corrected chi connectivity index (χ3v) is 5.01. The van der Waals surface area contributed by atoms with Gasteiger partial charge in [-0.3, -0.25) is 0 Å². The Morgan fingerprint density at radius 1 is 1.07 bits per heavy atom. The molecule has 0 aliphatic heterocycles. The van der Waals surface area contributed by atoms with Crippen LogP contribution in [0, 0.1) is 19.7 Å². The Bertz CT molecular complexity index is 1080. The molecule has 0 saturated heterocycles. The van der Waals surface area contributed by atoms with E-state index in [-0.39, 0.29) is 12.4 Å². The smallest absolute Gasteiger partial charge is 0.288 e. The maximum absolute atomic E-state index is 13.3. The first-order valence-electron chi connectivity index (χ1n) is 9.09. The number of hydrogen-bond acceptors (Lipinski definition) is 3. The van der Waals surface area contributed by atoms with Crippen LogP contribution >= 0.6 is 12.2 Å². The van der Waals surface area contributed by atoms with Gasteiger partial charge in [-0.05, 0) is 61.4 Å². The molecule has 2 aromatic carbocycles. The number of aryl methyl sites for hydroxylation is 1. The Kier molecular flexibility index (Phi) is 6.36. The zero-order valence-corrected chi connectivity index (χ0v) is 17.0. The second-order valence-corrected chi connectivity index (χ2v) is 7.09. The lowest BCUT2D eigenvalue weighted by atomic mass is 10.1. The average molecular weight is 410 g/mol. The van der Waals surface area contributed by atoms with Gasteiger partial charge in [-0.25, -0.2) is 4.39 Å². The number of thiocarbonyl (C=S) groups is 1. The highest BCUT2D eigenvalue weighted by atomic mass is 32.1. The van der Waals surface area contributed by atoms with E-state index < -0.39 is 5.82 Å². The molecule has 0 radical (unpaired) electrons. The van der Waals surface area contributed by atoms with Crippen LogP contribution in [-0.4, -0.2) is 15.2 Å². The monoisotopic (exact) mass is 409 g/mol. The zero-order valence-electron chi connectivity index (χ0n) is 16.2. The fourth-order valence-electron chi connectivity index (χ4n) is 2.92. The Labute approximate surface area is 174 Å². The van der Waals surface area contributed by atoms with Gasteiger partial charge < -0.3 is 15.5 Å². The van der Waals surface area contributed by atoms with Crippen LogP contribution in [0.3, 0.4) is 0 Å². The number of hydrogen-bond donors (Lipinski definition) is 3. The van der Waals surface area contributed by atoms with Crippen LogP contribution in [0.25, 0.3) is 11.5 Å². The van der Waals surface area contributed by atoms with E-state index in [4.69, 9.17) is 12.2 Å². The fourth-order valence-corrected chi connectivity index (χ4v) is 3.23. The molecule has 148 valence electrons. The molecule has 0 bridgehead atoms. The molecule has 1 heterocycles. The number of rotatable bonds is 5.